The van der Waals surface area contributed by atoms with Crippen LogP contribution in [0.3, 0.4) is 0 Å². The van der Waals surface area contributed by atoms with Crippen molar-refractivity contribution in [1.29, 1.82) is 0 Å². The molecule has 0 N–H and O–H groups in total. The van der Waals surface area contributed by atoms with Gasteiger partial charge in [-0.2, -0.15) is 0 Å². The van der Waals surface area contributed by atoms with Gasteiger partial charge in [-0.1, -0.05) is 77.7 Å². The zero-order valence-electron chi connectivity index (χ0n) is 16.3. The van der Waals surface area contributed by atoms with Crippen LogP contribution in [0, 0.1) is 0 Å². The van der Waals surface area contributed by atoms with Gasteiger partial charge in [0.1, 0.15) is 5.60 Å². The quantitative estimate of drug-likeness (QED) is 0.203. The van der Waals surface area contributed by atoms with Crippen molar-refractivity contribution >= 4 is 5.97 Å². The summed E-state index contributed by atoms with van der Waals surface area (Å²) in [5.41, 5.74) is 0.344. The summed E-state index contributed by atoms with van der Waals surface area (Å²) in [4.78, 5) is 12.0. The number of esters is 1. The van der Waals surface area contributed by atoms with E-state index in [9.17, 15) is 4.79 Å². The number of unbranched alkanes of at least 4 members (excludes halogenated alkanes) is 9. The minimum absolute atomic E-state index is 0.186. The Morgan fingerprint density at radius 1 is 0.875 bits per heavy atom. The molecule has 0 spiro atoms. The van der Waals surface area contributed by atoms with Crippen molar-refractivity contribution in [3.8, 4) is 0 Å². The maximum Gasteiger partial charge on any atom is 0.333 e. The molecule has 0 unspecified atom stereocenters. The van der Waals surface area contributed by atoms with Crippen molar-refractivity contribution < 1.29 is 9.53 Å². The monoisotopic (exact) mass is 336 g/mol. The first-order chi connectivity index (χ1) is 11.6. The Morgan fingerprint density at radius 3 is 1.88 bits per heavy atom. The van der Waals surface area contributed by atoms with Crippen LogP contribution >= 0.6 is 0 Å². The SMILES string of the molecule is C=C(C)C(=O)OC1(CCCCCCCCCCCC)CCCCC1. The van der Waals surface area contributed by atoms with Crippen LogP contribution in [-0.2, 0) is 9.53 Å². The topological polar surface area (TPSA) is 26.3 Å². The molecule has 0 radical (unpaired) electrons. The molecule has 0 aromatic rings. The van der Waals surface area contributed by atoms with Crippen molar-refractivity contribution in [3.63, 3.8) is 0 Å². The molecule has 0 atom stereocenters. The average molecular weight is 337 g/mol. The molecule has 0 aliphatic heterocycles. The van der Waals surface area contributed by atoms with Gasteiger partial charge in [-0.25, -0.2) is 4.79 Å². The maximum atomic E-state index is 12.0. The smallest absolute Gasteiger partial charge is 0.333 e. The second-order valence-corrected chi connectivity index (χ2v) is 7.85. The molecule has 0 saturated heterocycles. The van der Waals surface area contributed by atoms with E-state index in [1.54, 1.807) is 6.92 Å². The third kappa shape index (κ3) is 8.89. The van der Waals surface area contributed by atoms with Crippen molar-refractivity contribution in [3.05, 3.63) is 12.2 Å². The highest BCUT2D eigenvalue weighted by molar-refractivity contribution is 5.87. The van der Waals surface area contributed by atoms with E-state index in [2.05, 4.69) is 13.5 Å². The molecular formula is C22H40O2. The van der Waals surface area contributed by atoms with Crippen molar-refractivity contribution in [2.45, 2.75) is 122 Å². The summed E-state index contributed by atoms with van der Waals surface area (Å²) in [6.07, 6.45) is 20.3. The highest BCUT2D eigenvalue weighted by Gasteiger charge is 2.35. The Kier molecular flexibility index (Phi) is 11.1. The summed E-state index contributed by atoms with van der Waals surface area (Å²) in [5.74, 6) is -0.191. The first-order valence-electron chi connectivity index (χ1n) is 10.5. The molecule has 0 aromatic heterocycles. The van der Waals surface area contributed by atoms with E-state index in [1.807, 2.05) is 0 Å². The van der Waals surface area contributed by atoms with Crippen LogP contribution in [0.2, 0.25) is 0 Å². The molecular weight excluding hydrogens is 296 g/mol. The fourth-order valence-electron chi connectivity index (χ4n) is 3.82. The zero-order chi connectivity index (χ0) is 17.7. The maximum absolute atomic E-state index is 12.0. The predicted octanol–water partition coefficient (Wildman–Crippen LogP) is 7.12. The van der Waals surface area contributed by atoms with Crippen LogP contribution in [0.5, 0.6) is 0 Å². The number of hydrogen-bond acceptors (Lipinski definition) is 2. The molecule has 1 aliphatic rings. The fourth-order valence-corrected chi connectivity index (χ4v) is 3.82. The first-order valence-corrected chi connectivity index (χ1v) is 10.5. The van der Waals surface area contributed by atoms with Crippen LogP contribution in [0.1, 0.15) is 117 Å². The third-order valence-electron chi connectivity index (χ3n) is 5.41. The molecule has 0 bridgehead atoms. The lowest BCUT2D eigenvalue weighted by Gasteiger charge is -2.37. The summed E-state index contributed by atoms with van der Waals surface area (Å²) < 4.78 is 5.88. The van der Waals surface area contributed by atoms with Crippen LogP contribution in [0.25, 0.3) is 0 Å². The van der Waals surface area contributed by atoms with Gasteiger partial charge in [0.05, 0.1) is 0 Å². The van der Waals surface area contributed by atoms with E-state index in [-0.39, 0.29) is 11.6 Å². The lowest BCUT2D eigenvalue weighted by molar-refractivity contribution is -0.159. The Bertz CT molecular complexity index is 353. The average Bonchev–Trinajstić information content (AvgIpc) is 2.57. The van der Waals surface area contributed by atoms with Gasteiger partial charge in [-0.3, -0.25) is 0 Å². The Labute approximate surface area is 150 Å². The molecule has 1 aliphatic carbocycles. The van der Waals surface area contributed by atoms with Gasteiger partial charge >= 0.3 is 5.97 Å². The zero-order valence-corrected chi connectivity index (χ0v) is 16.3. The number of ether oxygens (including phenoxy) is 1. The van der Waals surface area contributed by atoms with Gasteiger partial charge in [0.25, 0.3) is 0 Å². The summed E-state index contributed by atoms with van der Waals surface area (Å²) in [6.45, 7) is 7.75. The van der Waals surface area contributed by atoms with Gasteiger partial charge in [-0.05, 0) is 45.4 Å². The molecule has 0 aromatic carbocycles. The largest absolute Gasteiger partial charge is 0.456 e. The van der Waals surface area contributed by atoms with E-state index in [0.29, 0.717) is 5.57 Å². The number of carbonyl (C=O) groups excluding carboxylic acids is 1. The third-order valence-corrected chi connectivity index (χ3v) is 5.41. The van der Waals surface area contributed by atoms with Gasteiger partial charge in [0.15, 0.2) is 0 Å². The lowest BCUT2D eigenvalue weighted by Crippen LogP contribution is -2.37. The molecule has 0 amide bonds. The molecule has 1 saturated carbocycles. The summed E-state index contributed by atoms with van der Waals surface area (Å²) >= 11 is 0. The Morgan fingerprint density at radius 2 is 1.38 bits per heavy atom. The van der Waals surface area contributed by atoms with Gasteiger partial charge < -0.3 is 4.74 Å². The minimum Gasteiger partial charge on any atom is -0.456 e. The molecule has 2 nitrogen and oxygen atoms in total. The van der Waals surface area contributed by atoms with Crippen molar-refractivity contribution in [2.75, 3.05) is 0 Å². The van der Waals surface area contributed by atoms with Crippen LogP contribution in [-0.4, -0.2) is 11.6 Å². The Hall–Kier alpha value is -0.790. The van der Waals surface area contributed by atoms with E-state index in [1.165, 1.54) is 83.5 Å². The summed E-state index contributed by atoms with van der Waals surface area (Å²) in [5, 5.41) is 0. The molecule has 1 rings (SSSR count). The summed E-state index contributed by atoms with van der Waals surface area (Å²) in [7, 11) is 0. The van der Waals surface area contributed by atoms with E-state index < -0.39 is 0 Å². The molecule has 140 valence electrons. The highest BCUT2D eigenvalue weighted by atomic mass is 16.6. The van der Waals surface area contributed by atoms with E-state index >= 15 is 0 Å². The number of hydrogen-bond donors (Lipinski definition) is 0. The van der Waals surface area contributed by atoms with Gasteiger partial charge in [0, 0.05) is 5.57 Å². The van der Waals surface area contributed by atoms with Crippen molar-refractivity contribution in [1.82, 2.24) is 0 Å². The van der Waals surface area contributed by atoms with Crippen LogP contribution in [0.15, 0.2) is 12.2 Å². The van der Waals surface area contributed by atoms with Gasteiger partial charge in [0.2, 0.25) is 0 Å². The Balaban J connectivity index is 2.16. The van der Waals surface area contributed by atoms with Gasteiger partial charge in [-0.15, -0.1) is 0 Å². The second-order valence-electron chi connectivity index (χ2n) is 7.85. The number of rotatable bonds is 13. The fraction of sp³-hybridized carbons (Fsp3) is 0.864. The molecule has 24 heavy (non-hydrogen) atoms. The second kappa shape index (κ2) is 12.6. The van der Waals surface area contributed by atoms with E-state index in [4.69, 9.17) is 4.74 Å². The molecule has 2 heteroatoms. The molecule has 0 heterocycles. The van der Waals surface area contributed by atoms with E-state index in [0.717, 1.165) is 19.3 Å². The predicted molar refractivity (Wildman–Crippen MR) is 103 cm³/mol. The van der Waals surface area contributed by atoms with Crippen LogP contribution in [0.4, 0.5) is 0 Å². The minimum atomic E-state index is -0.191. The standard InChI is InChI=1S/C22H40O2/c1-4-5-6-7-8-9-10-11-12-14-17-22(18-15-13-16-19-22)24-21(23)20(2)3/h2,4-19H2,1,3H3. The summed E-state index contributed by atoms with van der Waals surface area (Å²) in [6, 6.07) is 0. The normalized spacial score (nSPS) is 16.8. The highest BCUT2D eigenvalue weighted by Crippen LogP contribution is 2.36. The van der Waals surface area contributed by atoms with Crippen molar-refractivity contribution in [2.24, 2.45) is 0 Å². The lowest BCUT2D eigenvalue weighted by atomic mass is 9.80. The van der Waals surface area contributed by atoms with Crippen LogP contribution < -0.4 is 0 Å². The first kappa shape index (κ1) is 21.3. The molecule has 1 fully saturated rings. The number of carbonyl (C=O) groups is 1.